The Balaban J connectivity index is 2.06. The first kappa shape index (κ1) is 10.3. The molecule has 0 aliphatic heterocycles. The molecule has 3 rings (SSSR count). The highest BCUT2D eigenvalue weighted by Crippen LogP contribution is 2.35. The SMILES string of the molecule is CC1(Nc2ncnc3ccc(N)cc23)CCC1. The average Bonchev–Trinajstić information content (AvgIpc) is 2.28. The molecule has 0 bridgehead atoms. The molecular formula is C13H16N4. The normalized spacial score (nSPS) is 17.7. The van der Waals surface area contributed by atoms with Crippen molar-refractivity contribution in [1.82, 2.24) is 9.97 Å². The van der Waals surface area contributed by atoms with Crippen LogP contribution in [0.15, 0.2) is 24.5 Å². The van der Waals surface area contributed by atoms with Gasteiger partial charge in [0.15, 0.2) is 0 Å². The van der Waals surface area contributed by atoms with Crippen LogP contribution in [0.4, 0.5) is 11.5 Å². The van der Waals surface area contributed by atoms with E-state index in [4.69, 9.17) is 5.73 Å². The van der Waals surface area contributed by atoms with Gasteiger partial charge < -0.3 is 11.1 Å². The average molecular weight is 228 g/mol. The van der Waals surface area contributed by atoms with Crippen LogP contribution in [0.3, 0.4) is 0 Å². The number of aromatic nitrogens is 2. The molecule has 88 valence electrons. The molecule has 0 saturated heterocycles. The van der Waals surface area contributed by atoms with Crippen molar-refractivity contribution in [2.24, 2.45) is 0 Å². The first-order chi connectivity index (χ1) is 8.16. The predicted molar refractivity (Wildman–Crippen MR) is 69.8 cm³/mol. The lowest BCUT2D eigenvalue weighted by Crippen LogP contribution is -2.41. The second kappa shape index (κ2) is 3.58. The van der Waals surface area contributed by atoms with Crippen LogP contribution in [0.5, 0.6) is 0 Å². The second-order valence-corrected chi connectivity index (χ2v) is 5.04. The fourth-order valence-corrected chi connectivity index (χ4v) is 2.29. The molecule has 1 fully saturated rings. The topological polar surface area (TPSA) is 63.8 Å². The molecule has 3 N–H and O–H groups in total. The zero-order valence-electron chi connectivity index (χ0n) is 9.90. The number of rotatable bonds is 2. The minimum Gasteiger partial charge on any atom is -0.399 e. The Morgan fingerprint density at radius 2 is 2.12 bits per heavy atom. The van der Waals surface area contributed by atoms with E-state index < -0.39 is 0 Å². The van der Waals surface area contributed by atoms with Crippen molar-refractivity contribution >= 4 is 22.4 Å². The van der Waals surface area contributed by atoms with E-state index in [0.717, 1.165) is 22.4 Å². The summed E-state index contributed by atoms with van der Waals surface area (Å²) in [6, 6.07) is 5.73. The number of nitrogens with zero attached hydrogens (tertiary/aromatic N) is 2. The second-order valence-electron chi connectivity index (χ2n) is 5.04. The van der Waals surface area contributed by atoms with Gasteiger partial charge in [0, 0.05) is 16.6 Å². The van der Waals surface area contributed by atoms with Crippen LogP contribution < -0.4 is 11.1 Å². The highest BCUT2D eigenvalue weighted by Gasteiger charge is 2.32. The lowest BCUT2D eigenvalue weighted by Gasteiger charge is -2.39. The quantitative estimate of drug-likeness (QED) is 0.775. The van der Waals surface area contributed by atoms with Crippen LogP contribution in [0.1, 0.15) is 26.2 Å². The first-order valence-electron chi connectivity index (χ1n) is 5.95. The Labute approximate surface area is 100 Å². The Morgan fingerprint density at radius 1 is 1.29 bits per heavy atom. The van der Waals surface area contributed by atoms with Gasteiger partial charge in [-0.25, -0.2) is 9.97 Å². The summed E-state index contributed by atoms with van der Waals surface area (Å²) in [6.45, 7) is 2.23. The standard InChI is InChI=1S/C13H16N4/c1-13(5-2-6-13)17-12-10-7-9(14)3-4-11(10)15-8-16-12/h3-4,7-8H,2,5-6,14H2,1H3,(H,15,16,17). The van der Waals surface area contributed by atoms with Gasteiger partial charge in [0.05, 0.1) is 5.52 Å². The summed E-state index contributed by atoms with van der Waals surface area (Å²) in [5.74, 6) is 0.893. The minimum absolute atomic E-state index is 0.186. The van der Waals surface area contributed by atoms with Gasteiger partial charge in [0.2, 0.25) is 0 Å². The molecule has 1 aliphatic carbocycles. The van der Waals surface area contributed by atoms with Crippen molar-refractivity contribution in [3.63, 3.8) is 0 Å². The number of benzene rings is 1. The molecule has 1 saturated carbocycles. The van der Waals surface area contributed by atoms with Crippen molar-refractivity contribution < 1.29 is 0 Å². The Bertz CT molecular complexity index is 560. The number of nitrogens with one attached hydrogen (secondary N) is 1. The molecule has 1 heterocycles. The van der Waals surface area contributed by atoms with E-state index in [1.807, 2.05) is 18.2 Å². The maximum absolute atomic E-state index is 5.82. The summed E-state index contributed by atoms with van der Waals surface area (Å²) in [4.78, 5) is 8.59. The van der Waals surface area contributed by atoms with Gasteiger partial charge in [-0.2, -0.15) is 0 Å². The maximum Gasteiger partial charge on any atom is 0.137 e. The molecule has 1 aromatic carbocycles. The van der Waals surface area contributed by atoms with Crippen molar-refractivity contribution in [2.75, 3.05) is 11.1 Å². The highest BCUT2D eigenvalue weighted by molar-refractivity contribution is 5.91. The largest absolute Gasteiger partial charge is 0.399 e. The van der Waals surface area contributed by atoms with Crippen LogP contribution in [0.25, 0.3) is 10.9 Å². The minimum atomic E-state index is 0.186. The first-order valence-corrected chi connectivity index (χ1v) is 5.95. The Hall–Kier alpha value is -1.84. The number of hydrogen-bond acceptors (Lipinski definition) is 4. The number of hydrogen-bond donors (Lipinski definition) is 2. The van der Waals surface area contributed by atoms with Crippen LogP contribution in [-0.2, 0) is 0 Å². The fraction of sp³-hybridized carbons (Fsp3) is 0.385. The third kappa shape index (κ3) is 1.79. The monoisotopic (exact) mass is 228 g/mol. The van der Waals surface area contributed by atoms with Gasteiger partial charge in [0.1, 0.15) is 12.1 Å². The van der Waals surface area contributed by atoms with Crippen molar-refractivity contribution in [2.45, 2.75) is 31.7 Å². The van der Waals surface area contributed by atoms with Gasteiger partial charge in [0.25, 0.3) is 0 Å². The Kier molecular flexibility index (Phi) is 2.18. The molecule has 1 aromatic heterocycles. The highest BCUT2D eigenvalue weighted by atomic mass is 15.1. The summed E-state index contributed by atoms with van der Waals surface area (Å²) >= 11 is 0. The third-order valence-corrected chi connectivity index (χ3v) is 3.54. The van der Waals surface area contributed by atoms with Crippen LogP contribution >= 0.6 is 0 Å². The molecule has 0 unspecified atom stereocenters. The third-order valence-electron chi connectivity index (χ3n) is 3.54. The van der Waals surface area contributed by atoms with Gasteiger partial charge in [-0.05, 0) is 44.4 Å². The van der Waals surface area contributed by atoms with Gasteiger partial charge in [-0.3, -0.25) is 0 Å². The number of fused-ring (bicyclic) bond motifs is 1. The lowest BCUT2D eigenvalue weighted by molar-refractivity contribution is 0.306. The van der Waals surface area contributed by atoms with E-state index in [2.05, 4.69) is 22.2 Å². The molecule has 0 radical (unpaired) electrons. The summed E-state index contributed by atoms with van der Waals surface area (Å²) in [7, 11) is 0. The lowest BCUT2D eigenvalue weighted by atomic mass is 9.78. The summed E-state index contributed by atoms with van der Waals surface area (Å²) in [5, 5.41) is 4.52. The zero-order chi connectivity index (χ0) is 11.9. The van der Waals surface area contributed by atoms with E-state index in [0.29, 0.717) is 0 Å². The van der Waals surface area contributed by atoms with Gasteiger partial charge >= 0.3 is 0 Å². The van der Waals surface area contributed by atoms with Crippen LogP contribution in [-0.4, -0.2) is 15.5 Å². The van der Waals surface area contributed by atoms with Crippen LogP contribution in [0, 0.1) is 0 Å². The predicted octanol–water partition coefficient (Wildman–Crippen LogP) is 2.57. The molecular weight excluding hydrogens is 212 g/mol. The summed E-state index contributed by atoms with van der Waals surface area (Å²) in [5.41, 5.74) is 7.68. The zero-order valence-corrected chi connectivity index (χ0v) is 9.90. The fourth-order valence-electron chi connectivity index (χ4n) is 2.29. The van der Waals surface area contributed by atoms with Crippen molar-refractivity contribution in [1.29, 1.82) is 0 Å². The summed E-state index contributed by atoms with van der Waals surface area (Å²) in [6.07, 6.45) is 5.28. The number of nitrogen functional groups attached to an aromatic ring is 1. The van der Waals surface area contributed by atoms with Gasteiger partial charge in [-0.15, -0.1) is 0 Å². The smallest absolute Gasteiger partial charge is 0.137 e. The van der Waals surface area contributed by atoms with E-state index in [1.165, 1.54) is 19.3 Å². The number of nitrogens with two attached hydrogens (primary N) is 1. The molecule has 4 nitrogen and oxygen atoms in total. The van der Waals surface area contributed by atoms with Crippen molar-refractivity contribution in [3.8, 4) is 0 Å². The van der Waals surface area contributed by atoms with Crippen LogP contribution in [0.2, 0.25) is 0 Å². The molecule has 1 aliphatic rings. The van der Waals surface area contributed by atoms with Gasteiger partial charge in [-0.1, -0.05) is 0 Å². The van der Waals surface area contributed by atoms with E-state index in [-0.39, 0.29) is 5.54 Å². The van der Waals surface area contributed by atoms with E-state index >= 15 is 0 Å². The summed E-state index contributed by atoms with van der Waals surface area (Å²) < 4.78 is 0. The van der Waals surface area contributed by atoms with Crippen molar-refractivity contribution in [3.05, 3.63) is 24.5 Å². The molecule has 17 heavy (non-hydrogen) atoms. The van der Waals surface area contributed by atoms with E-state index in [1.54, 1.807) is 6.33 Å². The Morgan fingerprint density at radius 3 is 2.82 bits per heavy atom. The molecule has 2 aromatic rings. The molecule has 0 atom stereocenters. The number of anilines is 2. The molecule has 4 heteroatoms. The molecule has 0 spiro atoms. The van der Waals surface area contributed by atoms with E-state index in [9.17, 15) is 0 Å². The maximum atomic E-state index is 5.82. The molecule has 0 amide bonds.